The number of hydrogen-bond acceptors (Lipinski definition) is 6. The lowest BCUT2D eigenvalue weighted by Gasteiger charge is -2.09. The van der Waals surface area contributed by atoms with Gasteiger partial charge < -0.3 is 10.1 Å². The van der Waals surface area contributed by atoms with E-state index in [0.717, 1.165) is 11.3 Å². The minimum atomic E-state index is -3.83. The molecule has 0 aliphatic rings. The van der Waals surface area contributed by atoms with Crippen molar-refractivity contribution in [3.63, 3.8) is 0 Å². The zero-order valence-corrected chi connectivity index (χ0v) is 17.4. The normalized spacial score (nSPS) is 11.0. The molecule has 0 saturated carbocycles. The van der Waals surface area contributed by atoms with Gasteiger partial charge in [-0.2, -0.15) is 0 Å². The molecule has 2 aromatic carbocycles. The first kappa shape index (κ1) is 21.3. The summed E-state index contributed by atoms with van der Waals surface area (Å²) in [5.74, 6) is 0.548. The zero-order chi connectivity index (χ0) is 21.6. The van der Waals surface area contributed by atoms with Gasteiger partial charge >= 0.3 is 0 Å². The van der Waals surface area contributed by atoms with Crippen molar-refractivity contribution >= 4 is 27.6 Å². The number of ether oxygens (including phenoxy) is 1. The zero-order valence-electron chi connectivity index (χ0n) is 16.6. The van der Waals surface area contributed by atoms with Crippen LogP contribution < -0.4 is 14.8 Å². The highest BCUT2D eigenvalue weighted by molar-refractivity contribution is 7.92. The third-order valence-electron chi connectivity index (χ3n) is 4.07. The number of carbonyl (C=O) groups is 1. The summed E-state index contributed by atoms with van der Waals surface area (Å²) in [6.07, 6.45) is 1.67. The van der Waals surface area contributed by atoms with Gasteiger partial charge in [-0.15, -0.1) is 0 Å². The van der Waals surface area contributed by atoms with Crippen LogP contribution in [0.5, 0.6) is 5.75 Å². The van der Waals surface area contributed by atoms with Crippen molar-refractivity contribution in [2.45, 2.75) is 25.2 Å². The molecule has 8 nitrogen and oxygen atoms in total. The van der Waals surface area contributed by atoms with Crippen LogP contribution in [0.15, 0.2) is 65.7 Å². The predicted molar refractivity (Wildman–Crippen MR) is 114 cm³/mol. The summed E-state index contributed by atoms with van der Waals surface area (Å²) < 4.78 is 32.7. The van der Waals surface area contributed by atoms with E-state index in [1.165, 1.54) is 30.5 Å². The minimum Gasteiger partial charge on any atom is -0.494 e. The average Bonchev–Trinajstić information content (AvgIpc) is 2.70. The molecule has 1 heterocycles. The fourth-order valence-electron chi connectivity index (χ4n) is 2.66. The molecule has 1 aromatic heterocycles. The van der Waals surface area contributed by atoms with Gasteiger partial charge in [-0.3, -0.25) is 4.79 Å². The number of sulfonamides is 1. The highest BCUT2D eigenvalue weighted by Crippen LogP contribution is 2.17. The first-order chi connectivity index (χ1) is 14.4. The van der Waals surface area contributed by atoms with Gasteiger partial charge in [-0.25, -0.2) is 23.1 Å². The Hall–Kier alpha value is -3.46. The van der Waals surface area contributed by atoms with Crippen LogP contribution >= 0.6 is 0 Å². The standard InChI is InChI=1S/C21H22N4O4S/c1-3-29-18-8-4-16(5-9-18)14-20(26)24-17-6-10-19(11-7-17)30(27,28)25-21-22-13-12-15(2)23-21/h4-13H,3,14H2,1-2H3,(H,24,26)(H,22,23,25). The van der Waals surface area contributed by atoms with Gasteiger partial charge in [0.15, 0.2) is 0 Å². The van der Waals surface area contributed by atoms with Crippen LogP contribution in [-0.2, 0) is 21.2 Å². The van der Waals surface area contributed by atoms with Gasteiger partial charge in [0, 0.05) is 17.6 Å². The van der Waals surface area contributed by atoms with Gasteiger partial charge in [-0.1, -0.05) is 12.1 Å². The Morgan fingerprint density at radius 1 is 1.03 bits per heavy atom. The molecule has 0 saturated heterocycles. The first-order valence-electron chi connectivity index (χ1n) is 9.30. The van der Waals surface area contributed by atoms with Gasteiger partial charge in [0.1, 0.15) is 5.75 Å². The topological polar surface area (TPSA) is 110 Å². The fourth-order valence-corrected chi connectivity index (χ4v) is 3.61. The lowest BCUT2D eigenvalue weighted by Crippen LogP contribution is -2.16. The molecule has 0 bridgehead atoms. The van der Waals surface area contributed by atoms with Crippen LogP contribution in [0, 0.1) is 6.92 Å². The molecule has 30 heavy (non-hydrogen) atoms. The number of nitrogens with zero attached hydrogens (tertiary/aromatic N) is 2. The van der Waals surface area contributed by atoms with Crippen LogP contribution in [0.4, 0.5) is 11.6 Å². The van der Waals surface area contributed by atoms with Crippen molar-refractivity contribution in [3.05, 3.63) is 72.1 Å². The molecule has 3 aromatic rings. The summed E-state index contributed by atoms with van der Waals surface area (Å²) in [6, 6.07) is 14.8. The smallest absolute Gasteiger partial charge is 0.264 e. The van der Waals surface area contributed by atoms with Gasteiger partial charge in [0.2, 0.25) is 11.9 Å². The Bertz CT molecular complexity index is 1110. The molecule has 2 N–H and O–H groups in total. The third kappa shape index (κ3) is 5.77. The lowest BCUT2D eigenvalue weighted by molar-refractivity contribution is -0.115. The summed E-state index contributed by atoms with van der Waals surface area (Å²) in [4.78, 5) is 20.2. The number of aryl methyl sites for hydroxylation is 1. The number of hydrogen-bond donors (Lipinski definition) is 2. The SMILES string of the molecule is CCOc1ccc(CC(=O)Nc2ccc(S(=O)(=O)Nc3nccc(C)n3)cc2)cc1. The second-order valence-electron chi connectivity index (χ2n) is 6.45. The van der Waals surface area contributed by atoms with E-state index in [4.69, 9.17) is 4.74 Å². The Morgan fingerprint density at radius 2 is 1.73 bits per heavy atom. The quantitative estimate of drug-likeness (QED) is 0.572. The Balaban J connectivity index is 1.61. The molecule has 0 atom stereocenters. The van der Waals surface area contributed by atoms with Gasteiger partial charge in [0.05, 0.1) is 17.9 Å². The second kappa shape index (κ2) is 9.36. The summed E-state index contributed by atoms with van der Waals surface area (Å²) in [5, 5.41) is 2.76. The van der Waals surface area contributed by atoms with E-state index in [2.05, 4.69) is 20.0 Å². The van der Waals surface area contributed by atoms with E-state index in [-0.39, 0.29) is 23.2 Å². The number of anilines is 2. The predicted octanol–water partition coefficient (Wildman–Crippen LogP) is 3.17. The van der Waals surface area contributed by atoms with Crippen molar-refractivity contribution in [3.8, 4) is 5.75 Å². The number of nitrogens with one attached hydrogen (secondary N) is 2. The van der Waals surface area contributed by atoms with E-state index in [9.17, 15) is 13.2 Å². The monoisotopic (exact) mass is 426 g/mol. The molecular weight excluding hydrogens is 404 g/mol. The van der Waals surface area contributed by atoms with Crippen LogP contribution in [0.25, 0.3) is 0 Å². The largest absolute Gasteiger partial charge is 0.494 e. The van der Waals surface area contributed by atoms with Crippen LogP contribution in [-0.4, -0.2) is 30.9 Å². The second-order valence-corrected chi connectivity index (χ2v) is 8.14. The summed E-state index contributed by atoms with van der Waals surface area (Å²) >= 11 is 0. The number of aromatic nitrogens is 2. The van der Waals surface area contributed by atoms with Crippen molar-refractivity contribution in [1.29, 1.82) is 0 Å². The molecule has 0 radical (unpaired) electrons. The average molecular weight is 426 g/mol. The van der Waals surface area contributed by atoms with E-state index < -0.39 is 10.0 Å². The number of amides is 1. The van der Waals surface area contributed by atoms with Crippen LogP contribution in [0.3, 0.4) is 0 Å². The maximum atomic E-state index is 12.5. The van der Waals surface area contributed by atoms with Crippen molar-refractivity contribution in [2.75, 3.05) is 16.6 Å². The molecule has 0 spiro atoms. The van der Waals surface area contributed by atoms with Gasteiger partial charge in [0.25, 0.3) is 10.0 Å². The molecule has 0 unspecified atom stereocenters. The number of rotatable bonds is 8. The molecule has 0 fully saturated rings. The minimum absolute atomic E-state index is 0.00253. The molecule has 156 valence electrons. The summed E-state index contributed by atoms with van der Waals surface area (Å²) in [6.45, 7) is 4.23. The van der Waals surface area contributed by atoms with E-state index in [0.29, 0.717) is 18.0 Å². The molecular formula is C21H22N4O4S. The number of carbonyl (C=O) groups excluding carboxylic acids is 1. The van der Waals surface area contributed by atoms with E-state index in [1.807, 2.05) is 31.2 Å². The summed E-state index contributed by atoms with van der Waals surface area (Å²) in [5.41, 5.74) is 1.99. The van der Waals surface area contributed by atoms with Crippen molar-refractivity contribution in [1.82, 2.24) is 9.97 Å². The third-order valence-corrected chi connectivity index (χ3v) is 5.41. The first-order valence-corrected chi connectivity index (χ1v) is 10.8. The molecule has 3 rings (SSSR count). The maximum Gasteiger partial charge on any atom is 0.264 e. The van der Waals surface area contributed by atoms with Crippen molar-refractivity contribution in [2.24, 2.45) is 0 Å². The Kier molecular flexibility index (Phi) is 6.63. The molecule has 9 heteroatoms. The summed E-state index contributed by atoms with van der Waals surface area (Å²) in [7, 11) is -3.83. The molecule has 0 aliphatic heterocycles. The van der Waals surface area contributed by atoms with Crippen molar-refractivity contribution < 1.29 is 17.9 Å². The highest BCUT2D eigenvalue weighted by Gasteiger charge is 2.16. The van der Waals surface area contributed by atoms with Crippen LogP contribution in [0.1, 0.15) is 18.2 Å². The van der Waals surface area contributed by atoms with Crippen LogP contribution in [0.2, 0.25) is 0 Å². The lowest BCUT2D eigenvalue weighted by atomic mass is 10.1. The fraction of sp³-hybridized carbons (Fsp3) is 0.190. The highest BCUT2D eigenvalue weighted by atomic mass is 32.2. The number of benzene rings is 2. The maximum absolute atomic E-state index is 12.5. The Morgan fingerprint density at radius 3 is 2.37 bits per heavy atom. The Labute approximate surface area is 175 Å². The van der Waals surface area contributed by atoms with E-state index in [1.54, 1.807) is 13.0 Å². The molecule has 0 aliphatic carbocycles. The molecule has 1 amide bonds. The van der Waals surface area contributed by atoms with Gasteiger partial charge in [-0.05, 0) is 61.9 Å². The van der Waals surface area contributed by atoms with E-state index >= 15 is 0 Å².